The largest absolute Gasteiger partial charge is 1.00 e. The van der Waals surface area contributed by atoms with Crippen molar-refractivity contribution in [3.05, 3.63) is 23.3 Å². The number of ether oxygens (including phenoxy) is 2. The first-order valence-electron chi connectivity index (χ1n) is 14.5. The summed E-state index contributed by atoms with van der Waals surface area (Å²) in [4.78, 5) is 0. The van der Waals surface area contributed by atoms with Gasteiger partial charge in [0, 0.05) is 11.1 Å². The van der Waals surface area contributed by atoms with Crippen LogP contribution in [0.5, 0.6) is 11.5 Å². The van der Waals surface area contributed by atoms with Crippen molar-refractivity contribution >= 4 is 21.8 Å². The second-order valence-corrected chi connectivity index (χ2v) is 15.0. The van der Waals surface area contributed by atoms with Crippen LogP contribution in [0.3, 0.4) is 0 Å². The molecule has 0 N–H and O–H groups in total. The van der Waals surface area contributed by atoms with Crippen LogP contribution in [0.25, 0.3) is 0 Å². The molecule has 0 aromatic heterocycles. The van der Waals surface area contributed by atoms with E-state index in [0.717, 1.165) is 13.2 Å². The topological polar surface area (TPSA) is 18.5 Å². The van der Waals surface area contributed by atoms with Gasteiger partial charge in [0.15, 0.2) is 0 Å². The van der Waals surface area contributed by atoms with Gasteiger partial charge in [-0.05, 0) is 72.4 Å². The van der Waals surface area contributed by atoms with Crippen LogP contribution in [-0.4, -0.2) is 36.2 Å². The fourth-order valence-electron chi connectivity index (χ4n) is 5.07. The van der Waals surface area contributed by atoms with Crippen LogP contribution in [0.4, 0.5) is 0 Å². The van der Waals surface area contributed by atoms with Gasteiger partial charge in [0.25, 0.3) is 0 Å². The molecule has 1 aromatic carbocycles. The van der Waals surface area contributed by atoms with Gasteiger partial charge in [0.05, 0.1) is 13.2 Å². The molecule has 210 valence electrons. The van der Waals surface area contributed by atoms with E-state index >= 15 is 0 Å². The second-order valence-electron chi connectivity index (χ2n) is 10.3. The van der Waals surface area contributed by atoms with E-state index in [0.29, 0.717) is 21.8 Å². The van der Waals surface area contributed by atoms with Crippen molar-refractivity contribution in [2.24, 2.45) is 0 Å². The zero-order valence-electron chi connectivity index (χ0n) is 23.1. The summed E-state index contributed by atoms with van der Waals surface area (Å²) in [6, 6.07) is 4.83. The molecule has 3 rings (SSSR count). The zero-order valence-corrected chi connectivity index (χ0v) is 26.2. The van der Waals surface area contributed by atoms with Crippen LogP contribution in [0.2, 0.25) is 0 Å². The minimum Gasteiger partial charge on any atom is -1.00 e. The average Bonchev–Trinajstić information content (AvgIpc) is 3.55. The third-order valence-corrected chi connectivity index (χ3v) is 12.1. The third-order valence-electron chi connectivity index (χ3n) is 7.21. The number of rotatable bonds is 18. The van der Waals surface area contributed by atoms with E-state index in [1.165, 1.54) is 147 Å². The van der Waals surface area contributed by atoms with E-state index in [1.54, 1.807) is 0 Å². The summed E-state index contributed by atoms with van der Waals surface area (Å²) in [6.45, 7) is 6.31. The van der Waals surface area contributed by atoms with Gasteiger partial charge in [-0.1, -0.05) is 65.2 Å². The van der Waals surface area contributed by atoms with E-state index in [9.17, 15) is 0 Å². The van der Waals surface area contributed by atoms with Crippen molar-refractivity contribution in [2.45, 2.75) is 115 Å². The van der Waals surface area contributed by atoms with Crippen LogP contribution in [0, 0.1) is 0 Å². The smallest absolute Gasteiger partial charge is 0.136 e. The van der Waals surface area contributed by atoms with Crippen LogP contribution < -0.4 is 34.3 Å². The maximum absolute atomic E-state index is 6.51. The van der Waals surface area contributed by atoms with Crippen molar-refractivity contribution in [1.29, 1.82) is 0 Å². The molecule has 2 aliphatic heterocycles. The Hall–Kier alpha value is 0.1000. The van der Waals surface area contributed by atoms with Crippen LogP contribution >= 0.6 is 0 Å². The molecule has 0 saturated carbocycles. The van der Waals surface area contributed by atoms with Crippen LogP contribution in [0.15, 0.2) is 12.1 Å². The van der Waals surface area contributed by atoms with Gasteiger partial charge in [0.1, 0.15) is 46.0 Å². The molecule has 36 heavy (non-hydrogen) atoms. The molecule has 0 aliphatic carbocycles. The lowest BCUT2D eigenvalue weighted by atomic mass is 10.1. The SMILES string of the molecule is CCCCCCCOc1cc(C[S+]2CCCC2)c(OCCCCCCC)cc1C[S+]1CCCC1.[Cl-].[Cl-]. The molecule has 0 unspecified atom stereocenters. The minimum absolute atomic E-state index is 0. The van der Waals surface area contributed by atoms with Crippen molar-refractivity contribution in [1.82, 2.24) is 0 Å². The first-order valence-corrected chi connectivity index (χ1v) is 18.0. The Labute approximate surface area is 241 Å². The van der Waals surface area contributed by atoms with Crippen molar-refractivity contribution < 1.29 is 34.3 Å². The lowest BCUT2D eigenvalue weighted by molar-refractivity contribution is -0.001000. The Morgan fingerprint density at radius 2 is 0.917 bits per heavy atom. The molecule has 0 spiro atoms. The Kier molecular flexibility index (Phi) is 19.9. The molecule has 0 amide bonds. The number of halogens is 2. The molecule has 2 nitrogen and oxygen atoms in total. The fourth-order valence-corrected chi connectivity index (χ4v) is 9.84. The van der Waals surface area contributed by atoms with E-state index in [2.05, 4.69) is 26.0 Å². The quantitative estimate of drug-likeness (QED) is 0.196. The lowest BCUT2D eigenvalue weighted by Crippen LogP contribution is -3.00. The third kappa shape index (κ3) is 12.8. The van der Waals surface area contributed by atoms with E-state index in [4.69, 9.17) is 9.47 Å². The summed E-state index contributed by atoms with van der Waals surface area (Å²) in [5.41, 5.74) is 2.86. The average molecular weight is 580 g/mol. The highest BCUT2D eigenvalue weighted by Crippen LogP contribution is 2.35. The molecule has 0 bridgehead atoms. The molecule has 2 aliphatic rings. The van der Waals surface area contributed by atoms with E-state index < -0.39 is 0 Å². The second kappa shape index (κ2) is 21.0. The molecule has 0 atom stereocenters. The minimum atomic E-state index is 0. The molecule has 2 saturated heterocycles. The van der Waals surface area contributed by atoms with Gasteiger partial charge >= 0.3 is 0 Å². The van der Waals surface area contributed by atoms with Gasteiger partial charge < -0.3 is 34.3 Å². The fraction of sp³-hybridized carbons (Fsp3) is 0.800. The van der Waals surface area contributed by atoms with Gasteiger partial charge in [-0.25, -0.2) is 0 Å². The molecule has 6 heteroatoms. The first kappa shape index (κ1) is 34.1. The van der Waals surface area contributed by atoms with Gasteiger partial charge in [-0.2, -0.15) is 0 Å². The molecular weight excluding hydrogens is 527 g/mol. The maximum atomic E-state index is 6.51. The highest BCUT2D eigenvalue weighted by atomic mass is 35.5. The molecule has 0 radical (unpaired) electrons. The Morgan fingerprint density at radius 1 is 0.556 bits per heavy atom. The van der Waals surface area contributed by atoms with Crippen LogP contribution in [-0.2, 0) is 33.3 Å². The number of unbranched alkanes of at least 4 members (excludes halogenated alkanes) is 8. The lowest BCUT2D eigenvalue weighted by Gasteiger charge is -2.17. The Balaban J connectivity index is 0.00000324. The normalized spacial score (nSPS) is 16.1. The summed E-state index contributed by atoms with van der Waals surface area (Å²) < 4.78 is 13.0. The molecule has 1 aromatic rings. The number of hydrogen-bond acceptors (Lipinski definition) is 2. The summed E-state index contributed by atoms with van der Waals surface area (Å²) in [5.74, 6) is 10.4. The maximum Gasteiger partial charge on any atom is 0.136 e. The van der Waals surface area contributed by atoms with Gasteiger partial charge in [-0.15, -0.1) is 0 Å². The van der Waals surface area contributed by atoms with E-state index in [1.807, 2.05) is 0 Å². The summed E-state index contributed by atoms with van der Waals surface area (Å²) in [5, 5.41) is 0. The molecular formula is C30H52Cl2O2S2. The van der Waals surface area contributed by atoms with Crippen LogP contribution in [0.1, 0.15) is 115 Å². The molecule has 2 heterocycles. The summed E-state index contributed by atoms with van der Waals surface area (Å²) in [7, 11) is 1.07. The first-order chi connectivity index (χ1) is 16.8. The van der Waals surface area contributed by atoms with Crippen molar-refractivity contribution in [3.8, 4) is 11.5 Å². The summed E-state index contributed by atoms with van der Waals surface area (Å²) in [6.07, 6.45) is 18.6. The summed E-state index contributed by atoms with van der Waals surface area (Å²) >= 11 is 0. The van der Waals surface area contributed by atoms with E-state index in [-0.39, 0.29) is 24.8 Å². The standard InChI is InChI=1S/C30H52O2S2.2ClH/c1-3-5-7-9-11-17-31-29-23-28(26-34-21-15-16-22-34)30(32-18-12-10-8-6-4-2)24-27(29)25-33-19-13-14-20-33;;/h23-24H,3-22,25-26H2,1-2H3;2*1H/q+2;;/p-2. The predicted octanol–water partition coefficient (Wildman–Crippen LogP) is 2.22. The monoisotopic (exact) mass is 578 g/mol. The van der Waals surface area contributed by atoms with Gasteiger partial charge in [0.2, 0.25) is 0 Å². The van der Waals surface area contributed by atoms with Crippen molar-refractivity contribution in [2.75, 3.05) is 36.2 Å². The predicted molar refractivity (Wildman–Crippen MR) is 155 cm³/mol. The Bertz CT molecular complexity index is 619. The van der Waals surface area contributed by atoms with Gasteiger partial charge in [-0.3, -0.25) is 0 Å². The highest BCUT2D eigenvalue weighted by Gasteiger charge is 2.29. The highest BCUT2D eigenvalue weighted by molar-refractivity contribution is 7.96. The Morgan fingerprint density at radius 3 is 1.28 bits per heavy atom. The number of hydrogen-bond donors (Lipinski definition) is 0. The molecule has 2 fully saturated rings. The zero-order chi connectivity index (χ0) is 23.8. The van der Waals surface area contributed by atoms with Crippen molar-refractivity contribution in [3.63, 3.8) is 0 Å². The number of benzene rings is 1.